The van der Waals surface area contributed by atoms with Crippen molar-refractivity contribution in [1.82, 2.24) is 25.0 Å². The summed E-state index contributed by atoms with van der Waals surface area (Å²) in [6.45, 7) is 4.65. The summed E-state index contributed by atoms with van der Waals surface area (Å²) in [5.41, 5.74) is 2.72. The molecule has 6 nitrogen and oxygen atoms in total. The van der Waals surface area contributed by atoms with Gasteiger partial charge in [-0.3, -0.25) is 4.79 Å². The molecule has 0 unspecified atom stereocenters. The predicted octanol–water partition coefficient (Wildman–Crippen LogP) is 1.65. The Hall–Kier alpha value is -2.21. The van der Waals surface area contributed by atoms with Crippen molar-refractivity contribution in [2.24, 2.45) is 5.92 Å². The number of aromatic nitrogens is 3. The van der Waals surface area contributed by atoms with Gasteiger partial charge in [-0.1, -0.05) is 0 Å². The highest BCUT2D eigenvalue weighted by molar-refractivity contribution is 5.94. The predicted molar refractivity (Wildman–Crippen MR) is 88.7 cm³/mol. The number of likely N-dealkylation sites (tertiary alicyclic amines) is 1. The fourth-order valence-corrected chi connectivity index (χ4v) is 3.27. The van der Waals surface area contributed by atoms with Gasteiger partial charge < -0.3 is 10.2 Å². The largest absolute Gasteiger partial charge is 0.338 e. The van der Waals surface area contributed by atoms with Gasteiger partial charge in [-0.2, -0.15) is 5.10 Å². The Balaban J connectivity index is 1.76. The van der Waals surface area contributed by atoms with E-state index >= 15 is 0 Å². The first-order valence-corrected chi connectivity index (χ1v) is 8.08. The summed E-state index contributed by atoms with van der Waals surface area (Å²) in [5, 5.41) is 7.36. The summed E-state index contributed by atoms with van der Waals surface area (Å²) in [6.07, 6.45) is 5.44. The van der Waals surface area contributed by atoms with Crippen LogP contribution in [0.3, 0.4) is 0 Å². The molecule has 1 aliphatic heterocycles. The lowest BCUT2D eigenvalue weighted by Crippen LogP contribution is -2.42. The molecule has 6 heteroatoms. The second-order valence-electron chi connectivity index (χ2n) is 6.16. The minimum Gasteiger partial charge on any atom is -0.338 e. The number of amides is 1. The quantitative estimate of drug-likeness (QED) is 0.932. The molecule has 1 aliphatic rings. The Kier molecular flexibility index (Phi) is 4.71. The van der Waals surface area contributed by atoms with Crippen LogP contribution in [-0.4, -0.2) is 52.3 Å². The molecule has 1 aromatic carbocycles. The molecule has 1 saturated heterocycles. The maximum atomic E-state index is 12.8. The number of carbonyl (C=O) groups is 1. The molecule has 2 aromatic rings. The van der Waals surface area contributed by atoms with E-state index in [-0.39, 0.29) is 5.91 Å². The first kappa shape index (κ1) is 15.7. The van der Waals surface area contributed by atoms with Crippen molar-refractivity contribution in [2.75, 3.05) is 26.7 Å². The topological polar surface area (TPSA) is 63.1 Å². The minimum absolute atomic E-state index is 0.124. The molecular formula is C17H23N5O. The third-order valence-corrected chi connectivity index (χ3v) is 4.41. The van der Waals surface area contributed by atoms with Crippen LogP contribution >= 0.6 is 0 Å². The maximum Gasteiger partial charge on any atom is 0.253 e. The zero-order valence-corrected chi connectivity index (χ0v) is 13.7. The van der Waals surface area contributed by atoms with E-state index in [0.29, 0.717) is 5.92 Å². The van der Waals surface area contributed by atoms with Gasteiger partial charge >= 0.3 is 0 Å². The number of rotatable bonds is 4. The molecule has 1 atom stereocenters. The Morgan fingerprint density at radius 3 is 3.00 bits per heavy atom. The van der Waals surface area contributed by atoms with Crippen molar-refractivity contribution in [1.29, 1.82) is 0 Å². The molecule has 0 saturated carbocycles. The number of hydrogen-bond donors (Lipinski definition) is 1. The van der Waals surface area contributed by atoms with E-state index in [1.165, 1.54) is 12.7 Å². The fourth-order valence-electron chi connectivity index (χ4n) is 3.27. The van der Waals surface area contributed by atoms with Crippen LogP contribution in [-0.2, 0) is 0 Å². The summed E-state index contributed by atoms with van der Waals surface area (Å²) in [4.78, 5) is 18.7. The monoisotopic (exact) mass is 313 g/mol. The zero-order chi connectivity index (χ0) is 16.2. The van der Waals surface area contributed by atoms with E-state index in [1.807, 2.05) is 37.1 Å². The molecule has 0 radical (unpaired) electrons. The first-order chi connectivity index (χ1) is 11.2. The lowest BCUT2D eigenvalue weighted by molar-refractivity contribution is 0.0674. The summed E-state index contributed by atoms with van der Waals surface area (Å²) < 4.78 is 1.72. The van der Waals surface area contributed by atoms with Crippen LogP contribution in [0, 0.1) is 12.8 Å². The molecule has 1 N–H and O–H groups in total. The molecule has 1 aromatic heterocycles. The molecule has 3 rings (SSSR count). The van der Waals surface area contributed by atoms with E-state index in [0.717, 1.165) is 42.9 Å². The number of hydrogen-bond acceptors (Lipinski definition) is 4. The highest BCUT2D eigenvalue weighted by atomic mass is 16.2. The smallest absolute Gasteiger partial charge is 0.253 e. The van der Waals surface area contributed by atoms with Gasteiger partial charge in [0.25, 0.3) is 5.91 Å². The number of nitrogens with one attached hydrogen (secondary N) is 1. The summed E-state index contributed by atoms with van der Waals surface area (Å²) in [6, 6.07) is 5.77. The average Bonchev–Trinajstić information content (AvgIpc) is 3.09. The standard InChI is InChI=1S/C17H23N5O/c1-13-8-15(5-6-16(13)22-12-19-11-20-22)17(23)21-7-3-4-14(10-21)9-18-2/h5-6,8,11-12,14,18H,3-4,7,9-10H2,1-2H3/t14-/m0/s1. The molecule has 23 heavy (non-hydrogen) atoms. The Morgan fingerprint density at radius 1 is 1.43 bits per heavy atom. The Labute approximate surface area is 136 Å². The van der Waals surface area contributed by atoms with Crippen molar-refractivity contribution < 1.29 is 4.79 Å². The lowest BCUT2D eigenvalue weighted by Gasteiger charge is -2.33. The summed E-state index contributed by atoms with van der Waals surface area (Å²) in [7, 11) is 1.97. The molecule has 0 spiro atoms. The zero-order valence-electron chi connectivity index (χ0n) is 13.7. The van der Waals surface area contributed by atoms with Gasteiger partial charge in [-0.05, 0) is 63.0 Å². The van der Waals surface area contributed by atoms with Crippen LogP contribution in [0.2, 0.25) is 0 Å². The van der Waals surface area contributed by atoms with Gasteiger partial charge in [0.2, 0.25) is 0 Å². The second kappa shape index (κ2) is 6.91. The van der Waals surface area contributed by atoms with Gasteiger partial charge in [-0.25, -0.2) is 9.67 Å². The van der Waals surface area contributed by atoms with E-state index < -0.39 is 0 Å². The van der Waals surface area contributed by atoms with Crippen LogP contribution < -0.4 is 5.32 Å². The van der Waals surface area contributed by atoms with Crippen molar-refractivity contribution in [3.63, 3.8) is 0 Å². The van der Waals surface area contributed by atoms with Gasteiger partial charge in [0.1, 0.15) is 12.7 Å². The number of piperidine rings is 1. The number of nitrogens with zero attached hydrogens (tertiary/aromatic N) is 4. The number of benzene rings is 1. The van der Waals surface area contributed by atoms with Crippen molar-refractivity contribution >= 4 is 5.91 Å². The minimum atomic E-state index is 0.124. The SMILES string of the molecule is CNC[C@@H]1CCCN(C(=O)c2ccc(-n3cncn3)c(C)c2)C1. The lowest BCUT2D eigenvalue weighted by atomic mass is 9.97. The Bertz CT molecular complexity index is 666. The van der Waals surface area contributed by atoms with Crippen molar-refractivity contribution in [3.8, 4) is 5.69 Å². The molecule has 0 aliphatic carbocycles. The first-order valence-electron chi connectivity index (χ1n) is 8.08. The third kappa shape index (κ3) is 3.42. The van der Waals surface area contributed by atoms with Crippen molar-refractivity contribution in [3.05, 3.63) is 42.0 Å². The van der Waals surface area contributed by atoms with Crippen LogP contribution in [0.4, 0.5) is 0 Å². The third-order valence-electron chi connectivity index (χ3n) is 4.41. The Morgan fingerprint density at radius 2 is 2.30 bits per heavy atom. The maximum absolute atomic E-state index is 12.8. The van der Waals surface area contributed by atoms with E-state index in [9.17, 15) is 4.79 Å². The van der Waals surface area contributed by atoms with E-state index in [1.54, 1.807) is 11.0 Å². The van der Waals surface area contributed by atoms with Gasteiger partial charge in [0, 0.05) is 18.7 Å². The normalized spacial score (nSPS) is 18.2. The van der Waals surface area contributed by atoms with E-state index in [4.69, 9.17) is 0 Å². The highest BCUT2D eigenvalue weighted by Crippen LogP contribution is 2.20. The molecule has 122 valence electrons. The van der Waals surface area contributed by atoms with Crippen molar-refractivity contribution in [2.45, 2.75) is 19.8 Å². The van der Waals surface area contributed by atoms with Gasteiger partial charge in [0.15, 0.2) is 0 Å². The molecule has 1 fully saturated rings. The molecule has 1 amide bonds. The van der Waals surface area contributed by atoms with Crippen LogP contribution in [0.1, 0.15) is 28.8 Å². The average molecular weight is 313 g/mol. The van der Waals surface area contributed by atoms with Crippen LogP contribution in [0.5, 0.6) is 0 Å². The number of carbonyl (C=O) groups excluding carboxylic acids is 1. The number of aryl methyl sites for hydroxylation is 1. The van der Waals surface area contributed by atoms with E-state index in [2.05, 4.69) is 15.4 Å². The van der Waals surface area contributed by atoms with Gasteiger partial charge in [0.05, 0.1) is 5.69 Å². The summed E-state index contributed by atoms with van der Waals surface area (Å²) in [5.74, 6) is 0.673. The van der Waals surface area contributed by atoms with Gasteiger partial charge in [-0.15, -0.1) is 0 Å². The fraction of sp³-hybridized carbons (Fsp3) is 0.471. The molecule has 2 heterocycles. The molecule has 0 bridgehead atoms. The van der Waals surface area contributed by atoms with Crippen LogP contribution in [0.25, 0.3) is 5.69 Å². The second-order valence-corrected chi connectivity index (χ2v) is 6.16. The highest BCUT2D eigenvalue weighted by Gasteiger charge is 2.24. The molecular weight excluding hydrogens is 290 g/mol. The van der Waals surface area contributed by atoms with Crippen LogP contribution in [0.15, 0.2) is 30.9 Å². The summed E-state index contributed by atoms with van der Waals surface area (Å²) >= 11 is 0.